The first-order valence-electron chi connectivity index (χ1n) is 6.28. The Balaban J connectivity index is 3.37. The topological polar surface area (TPSA) is 67.2 Å². The third-order valence-electron chi connectivity index (χ3n) is 2.97. The van der Waals surface area contributed by atoms with E-state index < -0.39 is 0 Å². The van der Waals surface area contributed by atoms with Crippen LogP contribution < -0.4 is 16.6 Å². The third-order valence-corrected chi connectivity index (χ3v) is 2.97. The molecule has 1 unspecified atom stereocenters. The number of amides is 1. The number of nitrogens with two attached hydrogens (primary N) is 1. The number of hydrazine groups is 1. The summed E-state index contributed by atoms with van der Waals surface area (Å²) in [5.74, 6) is 6.36. The van der Waals surface area contributed by atoms with Gasteiger partial charge in [0.05, 0.1) is 0 Å². The maximum Gasteiger partial charge on any atom is 0.220 e. The van der Waals surface area contributed by atoms with Gasteiger partial charge in [-0.3, -0.25) is 16.1 Å². The van der Waals surface area contributed by atoms with E-state index in [1.54, 1.807) is 0 Å². The number of nitrogens with one attached hydrogen (secondary N) is 2. The highest BCUT2D eigenvalue weighted by molar-refractivity contribution is 5.76. The van der Waals surface area contributed by atoms with Gasteiger partial charge in [-0.2, -0.15) is 0 Å². The number of carbonyl (C=O) groups excluding carboxylic acids is 1. The first kappa shape index (κ1) is 15.4. The van der Waals surface area contributed by atoms with Crippen molar-refractivity contribution >= 4 is 5.91 Å². The van der Waals surface area contributed by atoms with Crippen molar-refractivity contribution in [3.8, 4) is 0 Å². The van der Waals surface area contributed by atoms with E-state index in [2.05, 4.69) is 31.5 Å². The zero-order chi connectivity index (χ0) is 12.4. The van der Waals surface area contributed by atoms with Gasteiger partial charge in [-0.25, -0.2) is 0 Å². The second-order valence-electron chi connectivity index (χ2n) is 4.79. The smallest absolute Gasteiger partial charge is 0.220 e. The average Bonchev–Trinajstić information content (AvgIpc) is 2.23. The van der Waals surface area contributed by atoms with Crippen LogP contribution in [0.4, 0.5) is 0 Å². The molecule has 0 saturated carbocycles. The van der Waals surface area contributed by atoms with Gasteiger partial charge in [0.15, 0.2) is 0 Å². The molecule has 16 heavy (non-hydrogen) atoms. The summed E-state index contributed by atoms with van der Waals surface area (Å²) in [6.07, 6.45) is 3.84. The molecular formula is C12H27N3O. The molecule has 1 atom stereocenters. The molecule has 4 nitrogen and oxygen atoms in total. The average molecular weight is 229 g/mol. The first-order chi connectivity index (χ1) is 7.57. The van der Waals surface area contributed by atoms with Gasteiger partial charge in [0.25, 0.3) is 0 Å². The van der Waals surface area contributed by atoms with Gasteiger partial charge in [-0.15, -0.1) is 0 Å². The molecule has 0 aliphatic rings. The molecular weight excluding hydrogens is 202 g/mol. The minimum Gasteiger partial charge on any atom is -0.356 e. The SMILES string of the molecule is CC(C)C(C)CC(=O)NCCCCCNN. The molecule has 4 N–H and O–H groups in total. The van der Waals surface area contributed by atoms with Crippen molar-refractivity contribution in [1.82, 2.24) is 10.7 Å². The lowest BCUT2D eigenvalue weighted by Crippen LogP contribution is -2.27. The fourth-order valence-corrected chi connectivity index (χ4v) is 1.36. The molecule has 96 valence electrons. The van der Waals surface area contributed by atoms with Crippen molar-refractivity contribution in [2.75, 3.05) is 13.1 Å². The zero-order valence-corrected chi connectivity index (χ0v) is 10.9. The van der Waals surface area contributed by atoms with Crippen LogP contribution in [0.25, 0.3) is 0 Å². The number of hydrogen-bond acceptors (Lipinski definition) is 3. The standard InChI is InChI=1S/C12H27N3O/c1-10(2)11(3)9-12(16)14-7-5-4-6-8-15-13/h10-11,15H,4-9,13H2,1-3H3,(H,14,16). The molecule has 0 aromatic heterocycles. The summed E-state index contributed by atoms with van der Waals surface area (Å²) in [5, 5.41) is 2.95. The summed E-state index contributed by atoms with van der Waals surface area (Å²) in [5.41, 5.74) is 2.62. The van der Waals surface area contributed by atoms with Gasteiger partial charge < -0.3 is 5.32 Å². The van der Waals surface area contributed by atoms with Gasteiger partial charge >= 0.3 is 0 Å². The third kappa shape index (κ3) is 8.68. The molecule has 0 saturated heterocycles. The van der Waals surface area contributed by atoms with E-state index in [0.717, 1.165) is 32.4 Å². The summed E-state index contributed by atoms with van der Waals surface area (Å²) >= 11 is 0. The Bertz CT molecular complexity index is 183. The van der Waals surface area contributed by atoms with Crippen LogP contribution in [0, 0.1) is 11.8 Å². The molecule has 0 aromatic rings. The highest BCUT2D eigenvalue weighted by atomic mass is 16.1. The van der Waals surface area contributed by atoms with E-state index in [-0.39, 0.29) is 5.91 Å². The Labute approximate surface area is 99.3 Å². The lowest BCUT2D eigenvalue weighted by Gasteiger charge is -2.14. The van der Waals surface area contributed by atoms with Crippen LogP contribution in [0.5, 0.6) is 0 Å². The lowest BCUT2D eigenvalue weighted by atomic mass is 9.94. The fraction of sp³-hybridized carbons (Fsp3) is 0.917. The van der Waals surface area contributed by atoms with Crippen molar-refractivity contribution in [3.63, 3.8) is 0 Å². The molecule has 0 bridgehead atoms. The lowest BCUT2D eigenvalue weighted by molar-refractivity contribution is -0.122. The normalized spacial score (nSPS) is 12.8. The zero-order valence-electron chi connectivity index (χ0n) is 10.9. The highest BCUT2D eigenvalue weighted by Gasteiger charge is 2.11. The minimum atomic E-state index is 0.179. The Morgan fingerprint density at radius 3 is 2.31 bits per heavy atom. The van der Waals surface area contributed by atoms with Crippen molar-refractivity contribution in [3.05, 3.63) is 0 Å². The summed E-state index contributed by atoms with van der Waals surface area (Å²) in [4.78, 5) is 11.5. The Kier molecular flexibility index (Phi) is 9.24. The van der Waals surface area contributed by atoms with Crippen LogP contribution in [-0.4, -0.2) is 19.0 Å². The number of hydrogen-bond donors (Lipinski definition) is 3. The van der Waals surface area contributed by atoms with Crippen molar-refractivity contribution in [2.45, 2.75) is 46.5 Å². The molecule has 0 spiro atoms. The highest BCUT2D eigenvalue weighted by Crippen LogP contribution is 2.13. The van der Waals surface area contributed by atoms with Crippen molar-refractivity contribution in [2.24, 2.45) is 17.7 Å². The van der Waals surface area contributed by atoms with Crippen LogP contribution in [0.15, 0.2) is 0 Å². The molecule has 4 heteroatoms. The Morgan fingerprint density at radius 1 is 1.12 bits per heavy atom. The van der Waals surface area contributed by atoms with Crippen LogP contribution in [0.1, 0.15) is 46.5 Å². The summed E-state index contributed by atoms with van der Waals surface area (Å²) in [7, 11) is 0. The van der Waals surface area contributed by atoms with E-state index in [9.17, 15) is 4.79 Å². The minimum absolute atomic E-state index is 0.179. The molecule has 0 aliphatic carbocycles. The van der Waals surface area contributed by atoms with E-state index in [0.29, 0.717) is 18.3 Å². The van der Waals surface area contributed by atoms with Gasteiger partial charge in [0.1, 0.15) is 0 Å². The molecule has 1 amide bonds. The maximum atomic E-state index is 11.5. The maximum absolute atomic E-state index is 11.5. The van der Waals surface area contributed by atoms with Crippen LogP contribution >= 0.6 is 0 Å². The van der Waals surface area contributed by atoms with Crippen LogP contribution in [-0.2, 0) is 4.79 Å². The first-order valence-corrected chi connectivity index (χ1v) is 6.28. The van der Waals surface area contributed by atoms with Gasteiger partial charge in [-0.1, -0.05) is 27.2 Å². The molecule has 0 aliphatic heterocycles. The molecule has 0 radical (unpaired) electrons. The predicted molar refractivity (Wildman–Crippen MR) is 67.7 cm³/mol. The van der Waals surface area contributed by atoms with Crippen molar-refractivity contribution < 1.29 is 4.79 Å². The molecule has 0 fully saturated rings. The summed E-state index contributed by atoms with van der Waals surface area (Å²) < 4.78 is 0. The quantitative estimate of drug-likeness (QED) is 0.318. The molecule has 0 heterocycles. The molecule has 0 rings (SSSR count). The second kappa shape index (κ2) is 9.60. The van der Waals surface area contributed by atoms with E-state index in [1.165, 1.54) is 0 Å². The monoisotopic (exact) mass is 229 g/mol. The second-order valence-corrected chi connectivity index (χ2v) is 4.79. The van der Waals surface area contributed by atoms with E-state index in [4.69, 9.17) is 5.84 Å². The number of carbonyl (C=O) groups is 1. The largest absolute Gasteiger partial charge is 0.356 e. The van der Waals surface area contributed by atoms with Crippen LogP contribution in [0.3, 0.4) is 0 Å². The Hall–Kier alpha value is -0.610. The van der Waals surface area contributed by atoms with Gasteiger partial charge in [0, 0.05) is 19.5 Å². The number of rotatable bonds is 9. The fourth-order valence-electron chi connectivity index (χ4n) is 1.36. The van der Waals surface area contributed by atoms with E-state index >= 15 is 0 Å². The number of unbranched alkanes of at least 4 members (excludes halogenated alkanes) is 2. The van der Waals surface area contributed by atoms with Crippen LogP contribution in [0.2, 0.25) is 0 Å². The Morgan fingerprint density at radius 2 is 1.75 bits per heavy atom. The van der Waals surface area contributed by atoms with Gasteiger partial charge in [-0.05, 0) is 24.7 Å². The summed E-state index contributed by atoms with van der Waals surface area (Å²) in [6, 6.07) is 0. The summed E-state index contributed by atoms with van der Waals surface area (Å²) in [6.45, 7) is 8.05. The molecule has 0 aromatic carbocycles. The van der Waals surface area contributed by atoms with Gasteiger partial charge in [0.2, 0.25) is 5.91 Å². The predicted octanol–water partition coefficient (Wildman–Crippen LogP) is 1.42. The van der Waals surface area contributed by atoms with Crippen molar-refractivity contribution in [1.29, 1.82) is 0 Å². The van der Waals surface area contributed by atoms with E-state index in [1.807, 2.05) is 0 Å².